The van der Waals surface area contributed by atoms with E-state index in [4.69, 9.17) is 4.52 Å². The van der Waals surface area contributed by atoms with Crippen molar-refractivity contribution in [3.05, 3.63) is 41.7 Å². The fraction of sp³-hybridized carbons (Fsp3) is 0.500. The van der Waals surface area contributed by atoms with Crippen LogP contribution in [0.25, 0.3) is 22.2 Å². The van der Waals surface area contributed by atoms with Crippen LogP contribution in [0, 0.1) is 11.8 Å². The molecule has 1 aromatic carbocycles. The average molecular weight is 347 g/mol. The van der Waals surface area contributed by atoms with Crippen molar-refractivity contribution in [2.24, 2.45) is 11.8 Å². The van der Waals surface area contributed by atoms with Crippen molar-refractivity contribution < 1.29 is 4.52 Å². The summed E-state index contributed by atoms with van der Waals surface area (Å²) < 4.78 is 5.52. The molecule has 2 saturated carbocycles. The van der Waals surface area contributed by atoms with E-state index in [0.29, 0.717) is 6.04 Å². The minimum Gasteiger partial charge on any atom is -0.361 e. The summed E-state index contributed by atoms with van der Waals surface area (Å²) in [5.41, 5.74) is 5.40. The van der Waals surface area contributed by atoms with Gasteiger partial charge in [0, 0.05) is 47.9 Å². The average Bonchev–Trinajstić information content (AvgIpc) is 3.56. The first-order valence-electron chi connectivity index (χ1n) is 10.1. The number of hydrogen-bond acceptors (Lipinski definition) is 3. The predicted octanol–water partition coefficient (Wildman–Crippen LogP) is 4.41. The molecule has 0 unspecified atom stereocenters. The van der Waals surface area contributed by atoms with Gasteiger partial charge in [-0.1, -0.05) is 5.16 Å². The number of nitrogens with one attached hydrogen (secondary N) is 1. The number of hydrogen-bond donors (Lipinski definition) is 1. The van der Waals surface area contributed by atoms with E-state index in [-0.39, 0.29) is 0 Å². The van der Waals surface area contributed by atoms with Gasteiger partial charge in [0.1, 0.15) is 0 Å². The molecule has 6 rings (SSSR count). The molecule has 1 N–H and O–H groups in total. The van der Waals surface area contributed by atoms with Crippen molar-refractivity contribution in [2.75, 3.05) is 13.1 Å². The molecule has 2 heterocycles. The second-order valence-corrected chi connectivity index (χ2v) is 8.61. The van der Waals surface area contributed by atoms with E-state index < -0.39 is 0 Å². The van der Waals surface area contributed by atoms with Gasteiger partial charge >= 0.3 is 0 Å². The second-order valence-electron chi connectivity index (χ2n) is 8.61. The topological polar surface area (TPSA) is 45.1 Å². The Morgan fingerprint density at radius 3 is 2.54 bits per heavy atom. The highest BCUT2D eigenvalue weighted by atomic mass is 16.5. The van der Waals surface area contributed by atoms with Crippen molar-refractivity contribution in [1.82, 2.24) is 15.0 Å². The summed E-state index contributed by atoms with van der Waals surface area (Å²) in [5, 5.41) is 5.36. The van der Waals surface area contributed by atoms with E-state index >= 15 is 0 Å². The van der Waals surface area contributed by atoms with Crippen LogP contribution in [0.1, 0.15) is 36.8 Å². The molecule has 4 heteroatoms. The number of rotatable bonds is 6. The monoisotopic (exact) mass is 347 g/mol. The van der Waals surface area contributed by atoms with Crippen LogP contribution in [0.2, 0.25) is 0 Å². The van der Waals surface area contributed by atoms with E-state index in [1.54, 1.807) is 6.20 Å². The van der Waals surface area contributed by atoms with Crippen molar-refractivity contribution in [3.63, 3.8) is 0 Å². The molecule has 0 aliphatic heterocycles. The van der Waals surface area contributed by atoms with Crippen LogP contribution in [-0.2, 0) is 12.8 Å². The van der Waals surface area contributed by atoms with E-state index in [9.17, 15) is 0 Å². The zero-order valence-electron chi connectivity index (χ0n) is 15.1. The molecule has 2 fully saturated rings. The molecule has 134 valence electrons. The van der Waals surface area contributed by atoms with Crippen LogP contribution in [0.3, 0.4) is 0 Å². The Morgan fingerprint density at radius 2 is 1.85 bits per heavy atom. The molecule has 26 heavy (non-hydrogen) atoms. The van der Waals surface area contributed by atoms with Gasteiger partial charge in [-0.05, 0) is 73.6 Å². The Morgan fingerprint density at radius 1 is 1.04 bits per heavy atom. The van der Waals surface area contributed by atoms with Crippen molar-refractivity contribution in [2.45, 2.75) is 44.6 Å². The number of aromatic nitrogens is 2. The predicted molar refractivity (Wildman–Crippen MR) is 102 cm³/mol. The van der Waals surface area contributed by atoms with Crippen molar-refractivity contribution >= 4 is 10.9 Å². The first kappa shape index (κ1) is 15.0. The Hall–Kier alpha value is -2.07. The third-order valence-corrected chi connectivity index (χ3v) is 6.53. The van der Waals surface area contributed by atoms with E-state index in [0.717, 1.165) is 24.0 Å². The van der Waals surface area contributed by atoms with E-state index in [1.165, 1.54) is 72.8 Å². The highest BCUT2D eigenvalue weighted by Gasteiger charge is 2.35. The van der Waals surface area contributed by atoms with Gasteiger partial charge in [0.05, 0.1) is 6.20 Å². The lowest BCUT2D eigenvalue weighted by Crippen LogP contribution is -2.42. The molecule has 0 radical (unpaired) electrons. The van der Waals surface area contributed by atoms with Crippen LogP contribution in [0.4, 0.5) is 0 Å². The van der Waals surface area contributed by atoms with Crippen molar-refractivity contribution in [3.8, 4) is 11.3 Å². The molecule has 0 bridgehead atoms. The minimum absolute atomic E-state index is 0.617. The quantitative estimate of drug-likeness (QED) is 0.718. The summed E-state index contributed by atoms with van der Waals surface area (Å²) in [6, 6.07) is 6.99. The molecule has 3 aromatic rings. The number of benzene rings is 1. The smallest absolute Gasteiger partial charge is 0.167 e. The fourth-order valence-corrected chi connectivity index (χ4v) is 4.79. The summed E-state index contributed by atoms with van der Waals surface area (Å²) in [6.07, 6.45) is 12.0. The summed E-state index contributed by atoms with van der Waals surface area (Å²) >= 11 is 0. The summed E-state index contributed by atoms with van der Waals surface area (Å²) in [5.74, 6) is 2.79. The molecule has 2 aromatic heterocycles. The summed E-state index contributed by atoms with van der Waals surface area (Å²) in [6.45, 7) is 2.60. The van der Waals surface area contributed by atoms with Gasteiger partial charge in [-0.25, -0.2) is 0 Å². The summed E-state index contributed by atoms with van der Waals surface area (Å²) in [4.78, 5) is 6.32. The Bertz CT molecular complexity index is 920. The fourth-order valence-electron chi connectivity index (χ4n) is 4.79. The van der Waals surface area contributed by atoms with Gasteiger partial charge in [-0.3, -0.25) is 4.90 Å². The van der Waals surface area contributed by atoms with E-state index in [2.05, 4.69) is 33.4 Å². The standard InChI is InChI=1S/C22H25N3O/c1-2-14(1)12-25(13-15-3-4-15)17-9-16-11-23-20-6-5-18(19(10-17)22(16)20)21-7-8-24-26-21/h5-8,11,14-15,17,23H,1-4,9-10,12-13H2/t17-/m0/s1. The molecule has 3 aliphatic rings. The van der Waals surface area contributed by atoms with Crippen LogP contribution in [-0.4, -0.2) is 34.2 Å². The lowest BCUT2D eigenvalue weighted by molar-refractivity contribution is 0.175. The molecule has 0 spiro atoms. The van der Waals surface area contributed by atoms with Gasteiger partial charge < -0.3 is 9.51 Å². The first-order chi connectivity index (χ1) is 12.8. The second kappa shape index (κ2) is 5.71. The van der Waals surface area contributed by atoms with Crippen LogP contribution in [0.5, 0.6) is 0 Å². The van der Waals surface area contributed by atoms with Crippen molar-refractivity contribution in [1.29, 1.82) is 0 Å². The van der Waals surface area contributed by atoms with Gasteiger partial charge in [-0.2, -0.15) is 0 Å². The lowest BCUT2D eigenvalue weighted by Gasteiger charge is -2.35. The van der Waals surface area contributed by atoms with Gasteiger partial charge in [0.2, 0.25) is 0 Å². The zero-order chi connectivity index (χ0) is 17.1. The highest BCUT2D eigenvalue weighted by molar-refractivity contribution is 5.92. The highest BCUT2D eigenvalue weighted by Crippen LogP contribution is 2.40. The Balaban J connectivity index is 1.40. The molecular formula is C22H25N3O. The largest absolute Gasteiger partial charge is 0.361 e. The SMILES string of the molecule is c1cc(-c2ccc3[nH]cc4c3c2C[C@@H](N(CC2CC2)CC2CC2)C4)on1. The minimum atomic E-state index is 0.617. The number of aromatic amines is 1. The van der Waals surface area contributed by atoms with Crippen LogP contribution in [0.15, 0.2) is 35.1 Å². The van der Waals surface area contributed by atoms with Gasteiger partial charge in [0.25, 0.3) is 0 Å². The lowest BCUT2D eigenvalue weighted by atomic mass is 9.85. The maximum absolute atomic E-state index is 5.52. The third-order valence-electron chi connectivity index (χ3n) is 6.53. The normalized spacial score (nSPS) is 22.4. The van der Waals surface area contributed by atoms with Gasteiger partial charge in [-0.15, -0.1) is 0 Å². The van der Waals surface area contributed by atoms with Crippen LogP contribution >= 0.6 is 0 Å². The maximum atomic E-state index is 5.52. The number of nitrogens with zero attached hydrogens (tertiary/aromatic N) is 2. The molecule has 3 aliphatic carbocycles. The Labute approximate surface area is 153 Å². The maximum Gasteiger partial charge on any atom is 0.167 e. The third kappa shape index (κ3) is 2.59. The molecule has 1 atom stereocenters. The Kier molecular flexibility index (Phi) is 3.30. The van der Waals surface area contributed by atoms with Crippen LogP contribution < -0.4 is 0 Å². The zero-order valence-corrected chi connectivity index (χ0v) is 15.1. The first-order valence-corrected chi connectivity index (χ1v) is 10.1. The number of H-pyrrole nitrogens is 1. The molecule has 4 nitrogen and oxygen atoms in total. The van der Waals surface area contributed by atoms with Gasteiger partial charge in [0.15, 0.2) is 5.76 Å². The van der Waals surface area contributed by atoms with E-state index in [1.807, 2.05) is 6.07 Å². The summed E-state index contributed by atoms with van der Waals surface area (Å²) in [7, 11) is 0. The molecule has 0 amide bonds. The molecule has 0 saturated heterocycles. The molecular weight excluding hydrogens is 322 g/mol.